The van der Waals surface area contributed by atoms with E-state index >= 15 is 0 Å². The number of methoxy groups -OCH3 is 1. The second-order valence-electron chi connectivity index (χ2n) is 11.0. The van der Waals surface area contributed by atoms with Crippen molar-refractivity contribution in [2.24, 2.45) is 0 Å². The predicted molar refractivity (Wildman–Crippen MR) is 172 cm³/mol. The number of likely N-dealkylation sites (tertiary alicyclic amines) is 1. The van der Waals surface area contributed by atoms with Gasteiger partial charge in [-0.25, -0.2) is 13.2 Å². The molecular weight excluding hydrogens is 585 g/mol. The number of hydrogen-bond acceptors (Lipinski definition) is 7. The average Bonchev–Trinajstić information content (AvgIpc) is 3.39. The first kappa shape index (κ1) is 32.7. The zero-order valence-corrected chi connectivity index (χ0v) is 26.5. The molecule has 0 bridgehead atoms. The van der Waals surface area contributed by atoms with Crippen LogP contribution in [0.3, 0.4) is 0 Å². The quantitative estimate of drug-likeness (QED) is 0.263. The summed E-state index contributed by atoms with van der Waals surface area (Å²) in [5, 5.41) is 11.9. The summed E-state index contributed by atoms with van der Waals surface area (Å²) < 4.78 is 32.3. The number of ether oxygens (including phenoxy) is 1. The van der Waals surface area contributed by atoms with Gasteiger partial charge in [-0.05, 0) is 71.7 Å². The van der Waals surface area contributed by atoms with Crippen molar-refractivity contribution in [3.05, 3.63) is 95.1 Å². The number of nitrogens with zero attached hydrogens (tertiary/aromatic N) is 1. The molecule has 3 aromatic rings. The third-order valence-electron chi connectivity index (χ3n) is 7.93. The molecule has 4 rings (SSSR count). The normalized spacial score (nSPS) is 17.9. The zero-order valence-electron chi connectivity index (χ0n) is 24.9. The summed E-state index contributed by atoms with van der Waals surface area (Å²) in [4.78, 5) is 27.4. The van der Waals surface area contributed by atoms with Crippen LogP contribution in [0.15, 0.2) is 72.8 Å². The topological polar surface area (TPSA) is 113 Å². The number of aliphatic carboxylic acids is 1. The minimum atomic E-state index is -3.39. The van der Waals surface area contributed by atoms with Crippen LogP contribution < -0.4 is 5.32 Å². The fourth-order valence-electron chi connectivity index (χ4n) is 5.63. The summed E-state index contributed by atoms with van der Waals surface area (Å²) in [5.41, 5.74) is 4.67. The molecule has 1 amide bonds. The lowest BCUT2D eigenvalue weighted by Crippen LogP contribution is -2.41. The van der Waals surface area contributed by atoms with Crippen molar-refractivity contribution in [1.82, 2.24) is 10.2 Å². The first-order valence-electron chi connectivity index (χ1n) is 14.3. The molecule has 43 heavy (non-hydrogen) atoms. The van der Waals surface area contributed by atoms with Gasteiger partial charge in [0.05, 0.1) is 17.6 Å². The smallest absolute Gasteiger partial charge is 0.326 e. The summed E-state index contributed by atoms with van der Waals surface area (Å²) in [6, 6.07) is 21.5. The Labute approximate surface area is 258 Å². The van der Waals surface area contributed by atoms with Crippen molar-refractivity contribution in [3.8, 4) is 11.1 Å². The number of carbonyl (C=O) groups excluding carboxylic acids is 1. The Bertz CT molecular complexity index is 1510. The Morgan fingerprint density at radius 1 is 1.05 bits per heavy atom. The molecule has 1 heterocycles. The minimum absolute atomic E-state index is 0.00156. The van der Waals surface area contributed by atoms with Crippen molar-refractivity contribution < 1.29 is 27.9 Å². The number of sulfone groups is 1. The maximum atomic E-state index is 13.4. The Balaban J connectivity index is 1.61. The van der Waals surface area contributed by atoms with Crippen molar-refractivity contribution in [1.29, 1.82) is 0 Å². The Hall–Kier alpha value is -3.18. The molecule has 0 saturated carbocycles. The van der Waals surface area contributed by atoms with E-state index in [-0.39, 0.29) is 11.8 Å². The van der Waals surface area contributed by atoms with Crippen LogP contribution in [0.4, 0.5) is 0 Å². The number of aryl methyl sites for hydroxylation is 1. The van der Waals surface area contributed by atoms with Gasteiger partial charge in [0, 0.05) is 31.8 Å². The van der Waals surface area contributed by atoms with E-state index in [0.29, 0.717) is 49.4 Å². The highest BCUT2D eigenvalue weighted by atomic mass is 32.2. The molecule has 1 aliphatic heterocycles. The highest BCUT2D eigenvalue weighted by Gasteiger charge is 2.39. The molecular formula is C33H40N2O6S2. The Morgan fingerprint density at radius 2 is 1.77 bits per heavy atom. The van der Waals surface area contributed by atoms with Gasteiger partial charge in [0.1, 0.15) is 6.04 Å². The molecule has 0 aliphatic carbocycles. The van der Waals surface area contributed by atoms with Crippen LogP contribution in [0.2, 0.25) is 0 Å². The molecule has 230 valence electrons. The predicted octanol–water partition coefficient (Wildman–Crippen LogP) is 4.80. The molecule has 0 aromatic heterocycles. The van der Waals surface area contributed by atoms with Crippen LogP contribution >= 0.6 is 11.8 Å². The lowest BCUT2D eigenvalue weighted by atomic mass is 9.93. The van der Waals surface area contributed by atoms with Crippen LogP contribution in [-0.4, -0.2) is 79.9 Å². The summed E-state index contributed by atoms with van der Waals surface area (Å²) in [5.74, 6) is -0.890. The van der Waals surface area contributed by atoms with Gasteiger partial charge in [-0.15, -0.1) is 0 Å². The Kier molecular flexibility index (Phi) is 11.4. The summed E-state index contributed by atoms with van der Waals surface area (Å²) in [6.45, 7) is 3.26. The number of rotatable bonds is 14. The standard InChI is InChI=1S/C33H40N2O6S2/c1-23-9-7-8-12-28(23)30-17-25(13-14-29(30)32(36)34-31(33(37)38)15-16-42-3)19-35-20-27(18-26(35)21-41-2)43(39,40)22-24-10-5-4-6-11-24/h4-14,17,26-27,31H,15-16,18-22H2,1-3H3,(H,34,36)(H,37,38). The molecule has 1 fully saturated rings. The number of carbonyl (C=O) groups is 2. The van der Waals surface area contributed by atoms with E-state index < -0.39 is 33.0 Å². The molecule has 3 unspecified atom stereocenters. The number of amides is 1. The van der Waals surface area contributed by atoms with E-state index in [0.717, 1.165) is 22.3 Å². The van der Waals surface area contributed by atoms with Gasteiger partial charge >= 0.3 is 5.97 Å². The number of hydrogen-bond donors (Lipinski definition) is 2. The summed E-state index contributed by atoms with van der Waals surface area (Å²) in [6.07, 6.45) is 2.71. The van der Waals surface area contributed by atoms with Gasteiger partial charge in [0.2, 0.25) is 0 Å². The summed E-state index contributed by atoms with van der Waals surface area (Å²) >= 11 is 1.53. The average molecular weight is 625 g/mol. The monoisotopic (exact) mass is 624 g/mol. The van der Waals surface area contributed by atoms with Crippen LogP contribution in [0, 0.1) is 6.92 Å². The van der Waals surface area contributed by atoms with Gasteiger partial charge in [0.25, 0.3) is 5.91 Å². The number of benzene rings is 3. The van der Waals surface area contributed by atoms with Gasteiger partial charge in [-0.1, -0.05) is 60.7 Å². The van der Waals surface area contributed by atoms with Crippen molar-refractivity contribution in [3.63, 3.8) is 0 Å². The second kappa shape index (κ2) is 15.0. The molecule has 0 radical (unpaired) electrons. The van der Waals surface area contributed by atoms with Crippen molar-refractivity contribution in [2.75, 3.05) is 32.3 Å². The van der Waals surface area contributed by atoms with Crippen LogP contribution in [0.5, 0.6) is 0 Å². The van der Waals surface area contributed by atoms with Crippen LogP contribution in [-0.2, 0) is 31.7 Å². The van der Waals surface area contributed by atoms with Crippen molar-refractivity contribution >= 4 is 33.5 Å². The molecule has 1 aliphatic rings. The fraction of sp³-hybridized carbons (Fsp3) is 0.394. The first-order chi connectivity index (χ1) is 20.6. The molecule has 8 nitrogen and oxygen atoms in total. The molecule has 10 heteroatoms. The SMILES string of the molecule is COCC1CC(S(=O)(=O)Cc2ccccc2)CN1Cc1ccc(C(=O)NC(CCSC)C(=O)O)c(-c2ccccc2C)c1. The van der Waals surface area contributed by atoms with Gasteiger partial charge < -0.3 is 15.2 Å². The second-order valence-corrected chi connectivity index (χ2v) is 14.3. The zero-order chi connectivity index (χ0) is 31.0. The largest absolute Gasteiger partial charge is 0.480 e. The number of nitrogens with one attached hydrogen (secondary N) is 1. The molecule has 2 N–H and O–H groups in total. The maximum Gasteiger partial charge on any atom is 0.326 e. The Morgan fingerprint density at radius 3 is 2.44 bits per heavy atom. The molecule has 3 aromatic carbocycles. The highest BCUT2D eigenvalue weighted by molar-refractivity contribution is 7.98. The number of carboxylic acids is 1. The van der Waals surface area contributed by atoms with E-state index in [4.69, 9.17) is 4.74 Å². The number of thioether (sulfide) groups is 1. The van der Waals surface area contributed by atoms with Gasteiger partial charge in [-0.3, -0.25) is 9.69 Å². The van der Waals surface area contributed by atoms with Crippen molar-refractivity contribution in [2.45, 2.75) is 49.4 Å². The van der Waals surface area contributed by atoms with E-state index in [1.807, 2.05) is 79.9 Å². The molecule has 0 spiro atoms. The van der Waals surface area contributed by atoms with Gasteiger partial charge in [0.15, 0.2) is 9.84 Å². The lowest BCUT2D eigenvalue weighted by Gasteiger charge is -2.24. The highest BCUT2D eigenvalue weighted by Crippen LogP contribution is 2.31. The van der Waals surface area contributed by atoms with Gasteiger partial charge in [-0.2, -0.15) is 11.8 Å². The third kappa shape index (κ3) is 8.47. The molecule has 3 atom stereocenters. The maximum absolute atomic E-state index is 13.4. The fourth-order valence-corrected chi connectivity index (χ4v) is 7.93. The minimum Gasteiger partial charge on any atom is -0.480 e. The summed E-state index contributed by atoms with van der Waals surface area (Å²) in [7, 11) is -1.77. The van der Waals surface area contributed by atoms with E-state index in [9.17, 15) is 23.1 Å². The van der Waals surface area contributed by atoms with Crippen LogP contribution in [0.1, 0.15) is 39.9 Å². The van der Waals surface area contributed by atoms with E-state index in [1.54, 1.807) is 13.2 Å². The van der Waals surface area contributed by atoms with E-state index in [2.05, 4.69) is 10.2 Å². The third-order valence-corrected chi connectivity index (χ3v) is 10.7. The first-order valence-corrected chi connectivity index (χ1v) is 17.4. The van der Waals surface area contributed by atoms with Crippen LogP contribution in [0.25, 0.3) is 11.1 Å². The van der Waals surface area contributed by atoms with E-state index in [1.165, 1.54) is 11.8 Å². The number of carboxylic acid groups (broad SMARTS) is 1. The molecule has 1 saturated heterocycles. The lowest BCUT2D eigenvalue weighted by molar-refractivity contribution is -0.139.